The molecule has 1 aliphatic rings. The summed E-state index contributed by atoms with van der Waals surface area (Å²) in [5, 5.41) is 10.9. The fourth-order valence-electron chi connectivity index (χ4n) is 2.22. The number of benzene rings is 1. The van der Waals surface area contributed by atoms with Crippen LogP contribution >= 0.6 is 0 Å². The highest BCUT2D eigenvalue weighted by molar-refractivity contribution is 5.22. The highest BCUT2D eigenvalue weighted by atomic mass is 16.6. The van der Waals surface area contributed by atoms with E-state index in [0.717, 1.165) is 12.1 Å². The molecule has 5 nitrogen and oxygen atoms in total. The van der Waals surface area contributed by atoms with Gasteiger partial charge in [-0.05, 0) is 12.6 Å². The predicted octanol–water partition coefficient (Wildman–Crippen LogP) is 1.18. The van der Waals surface area contributed by atoms with Crippen molar-refractivity contribution in [2.45, 2.75) is 12.0 Å². The lowest BCUT2D eigenvalue weighted by molar-refractivity contribution is -0.521. The van der Waals surface area contributed by atoms with Crippen LogP contribution in [0.4, 0.5) is 0 Å². The monoisotopic (exact) mass is 236 g/mol. The zero-order chi connectivity index (χ0) is 12.8. The molecule has 0 bridgehead atoms. The van der Waals surface area contributed by atoms with Crippen molar-refractivity contribution in [1.82, 2.24) is 4.90 Å². The summed E-state index contributed by atoms with van der Waals surface area (Å²) >= 11 is 0. The molecule has 2 rings (SSSR count). The van der Waals surface area contributed by atoms with Crippen molar-refractivity contribution in [3.05, 3.63) is 46.0 Å². The standard InChI is InChI=1S/C11H14N2O2.CH2O/c1-12-7-10(11(8-12)13(14)15)9-5-3-2-4-6-9;1-2/h2-6,10-11H,7-8H2,1H3;1H2. The summed E-state index contributed by atoms with van der Waals surface area (Å²) in [6.45, 7) is 3.32. The van der Waals surface area contributed by atoms with E-state index in [1.165, 1.54) is 0 Å². The Bertz CT molecular complexity index is 369. The second-order valence-corrected chi connectivity index (χ2v) is 4.09. The Morgan fingerprint density at radius 1 is 1.29 bits per heavy atom. The molecule has 2 unspecified atom stereocenters. The first-order valence-corrected chi connectivity index (χ1v) is 5.34. The number of likely N-dealkylation sites (N-methyl/N-ethyl adjacent to an activating group) is 1. The third kappa shape index (κ3) is 3.10. The molecule has 92 valence electrons. The number of carbonyl (C=O) groups excluding carboxylic acids is 1. The predicted molar refractivity (Wildman–Crippen MR) is 64.6 cm³/mol. The van der Waals surface area contributed by atoms with Gasteiger partial charge in [-0.15, -0.1) is 0 Å². The zero-order valence-electron chi connectivity index (χ0n) is 9.78. The van der Waals surface area contributed by atoms with Gasteiger partial charge in [0.1, 0.15) is 6.79 Å². The van der Waals surface area contributed by atoms with Gasteiger partial charge < -0.3 is 4.79 Å². The number of rotatable bonds is 2. The number of hydrogen-bond donors (Lipinski definition) is 0. The third-order valence-corrected chi connectivity index (χ3v) is 2.97. The van der Waals surface area contributed by atoms with E-state index in [9.17, 15) is 10.1 Å². The molecule has 1 aliphatic heterocycles. The topological polar surface area (TPSA) is 63.5 Å². The van der Waals surface area contributed by atoms with Crippen molar-refractivity contribution in [2.75, 3.05) is 20.1 Å². The Kier molecular flexibility index (Phi) is 4.78. The van der Waals surface area contributed by atoms with Gasteiger partial charge in [-0.2, -0.15) is 0 Å². The molecule has 0 saturated carbocycles. The summed E-state index contributed by atoms with van der Waals surface area (Å²) in [6.07, 6.45) is 0. The zero-order valence-corrected chi connectivity index (χ0v) is 9.78. The molecule has 1 saturated heterocycles. The first kappa shape index (κ1) is 13.3. The Labute approximate surface area is 100 Å². The van der Waals surface area contributed by atoms with Gasteiger partial charge in [0.2, 0.25) is 6.04 Å². The minimum atomic E-state index is -0.461. The molecule has 0 aliphatic carbocycles. The van der Waals surface area contributed by atoms with Crippen LogP contribution in [0, 0.1) is 10.1 Å². The van der Waals surface area contributed by atoms with Crippen LogP contribution in [-0.2, 0) is 4.79 Å². The van der Waals surface area contributed by atoms with Crippen molar-refractivity contribution in [3.63, 3.8) is 0 Å². The van der Waals surface area contributed by atoms with Crippen LogP contribution in [0.15, 0.2) is 30.3 Å². The second-order valence-electron chi connectivity index (χ2n) is 4.09. The minimum absolute atomic E-state index is 0.0335. The Balaban J connectivity index is 0.000000686. The van der Waals surface area contributed by atoms with Crippen LogP contribution in [0.3, 0.4) is 0 Å². The van der Waals surface area contributed by atoms with Crippen LogP contribution < -0.4 is 0 Å². The molecule has 1 fully saturated rings. The molecule has 0 aromatic heterocycles. The maximum absolute atomic E-state index is 10.9. The molecule has 2 atom stereocenters. The summed E-state index contributed by atoms with van der Waals surface area (Å²) < 4.78 is 0. The number of nitro groups is 1. The number of nitrogens with zero attached hydrogens (tertiary/aromatic N) is 2. The van der Waals surface area contributed by atoms with E-state index in [4.69, 9.17) is 4.79 Å². The molecular weight excluding hydrogens is 220 g/mol. The second kappa shape index (κ2) is 6.10. The Morgan fingerprint density at radius 2 is 1.88 bits per heavy atom. The van der Waals surface area contributed by atoms with Crippen molar-refractivity contribution in [3.8, 4) is 0 Å². The molecule has 1 aromatic rings. The van der Waals surface area contributed by atoms with Crippen LogP contribution in [0.5, 0.6) is 0 Å². The summed E-state index contributed by atoms with van der Waals surface area (Å²) in [7, 11) is 1.93. The fourth-order valence-corrected chi connectivity index (χ4v) is 2.22. The summed E-state index contributed by atoms with van der Waals surface area (Å²) in [5.41, 5.74) is 1.07. The van der Waals surface area contributed by atoms with E-state index in [2.05, 4.69) is 0 Å². The highest BCUT2D eigenvalue weighted by Gasteiger charge is 2.40. The lowest BCUT2D eigenvalue weighted by atomic mass is 9.95. The first-order chi connectivity index (χ1) is 8.18. The van der Waals surface area contributed by atoms with Crippen molar-refractivity contribution in [2.24, 2.45) is 0 Å². The van der Waals surface area contributed by atoms with Gasteiger partial charge in [0.15, 0.2) is 0 Å². The molecule has 17 heavy (non-hydrogen) atoms. The molecule has 5 heteroatoms. The van der Waals surface area contributed by atoms with E-state index < -0.39 is 6.04 Å². The van der Waals surface area contributed by atoms with Crippen LogP contribution in [0.2, 0.25) is 0 Å². The van der Waals surface area contributed by atoms with Gasteiger partial charge in [-0.1, -0.05) is 30.3 Å². The van der Waals surface area contributed by atoms with Crippen LogP contribution in [0.25, 0.3) is 0 Å². The van der Waals surface area contributed by atoms with Gasteiger partial charge in [-0.3, -0.25) is 15.0 Å². The van der Waals surface area contributed by atoms with E-state index in [1.807, 2.05) is 49.1 Å². The summed E-state index contributed by atoms with van der Waals surface area (Å²) in [6, 6.07) is 9.29. The quantitative estimate of drug-likeness (QED) is 0.571. The van der Waals surface area contributed by atoms with Gasteiger partial charge in [0.25, 0.3) is 0 Å². The van der Waals surface area contributed by atoms with Crippen molar-refractivity contribution >= 4 is 6.79 Å². The van der Waals surface area contributed by atoms with E-state index in [-0.39, 0.29) is 10.8 Å². The number of hydrogen-bond acceptors (Lipinski definition) is 4. The van der Waals surface area contributed by atoms with E-state index in [0.29, 0.717) is 6.54 Å². The molecule has 0 spiro atoms. The number of carbonyl (C=O) groups is 1. The molecule has 0 amide bonds. The van der Waals surface area contributed by atoms with Gasteiger partial charge in [-0.25, -0.2) is 0 Å². The lowest BCUT2D eigenvalue weighted by Gasteiger charge is -2.11. The Morgan fingerprint density at radius 3 is 2.41 bits per heavy atom. The molecule has 0 radical (unpaired) electrons. The fraction of sp³-hybridized carbons (Fsp3) is 0.417. The third-order valence-electron chi connectivity index (χ3n) is 2.97. The smallest absolute Gasteiger partial charge is 0.233 e. The number of likely N-dealkylation sites (tertiary alicyclic amines) is 1. The molecule has 0 N–H and O–H groups in total. The maximum atomic E-state index is 10.9. The van der Waals surface area contributed by atoms with Crippen molar-refractivity contribution in [1.29, 1.82) is 0 Å². The summed E-state index contributed by atoms with van der Waals surface area (Å²) in [5.74, 6) is 0.0335. The van der Waals surface area contributed by atoms with Gasteiger partial charge >= 0.3 is 0 Å². The van der Waals surface area contributed by atoms with Crippen LogP contribution in [0.1, 0.15) is 11.5 Å². The minimum Gasteiger partial charge on any atom is -0.307 e. The SMILES string of the molecule is C=O.CN1CC(c2ccccc2)C([N+](=O)[O-])C1. The van der Waals surface area contributed by atoms with Gasteiger partial charge in [0, 0.05) is 11.5 Å². The molecular formula is C12H16N2O3. The van der Waals surface area contributed by atoms with E-state index >= 15 is 0 Å². The Hall–Kier alpha value is -1.75. The normalized spacial score (nSPS) is 23.8. The molecule has 1 aromatic carbocycles. The van der Waals surface area contributed by atoms with E-state index in [1.54, 1.807) is 0 Å². The average molecular weight is 236 g/mol. The van der Waals surface area contributed by atoms with Crippen LogP contribution in [-0.4, -0.2) is 42.8 Å². The summed E-state index contributed by atoms with van der Waals surface area (Å²) in [4.78, 5) is 20.8. The largest absolute Gasteiger partial charge is 0.307 e. The van der Waals surface area contributed by atoms with Crippen molar-refractivity contribution < 1.29 is 9.72 Å². The lowest BCUT2D eigenvalue weighted by Crippen LogP contribution is -2.27. The van der Waals surface area contributed by atoms with Gasteiger partial charge in [0.05, 0.1) is 12.5 Å². The average Bonchev–Trinajstić information content (AvgIpc) is 2.75. The maximum Gasteiger partial charge on any atom is 0.233 e. The highest BCUT2D eigenvalue weighted by Crippen LogP contribution is 2.28. The first-order valence-electron chi connectivity index (χ1n) is 5.34. The molecule has 1 heterocycles.